The number of esters is 1. The normalized spacial score (nSPS) is 14.8. The Balaban J connectivity index is 1.60. The first kappa shape index (κ1) is 32.6. The molecule has 4 rings (SSSR count). The monoisotopic (exact) mass is 627 g/mol. The van der Waals surface area contributed by atoms with E-state index in [2.05, 4.69) is 27.2 Å². The van der Waals surface area contributed by atoms with E-state index in [0.717, 1.165) is 6.08 Å². The lowest BCUT2D eigenvalue weighted by Crippen LogP contribution is -2.58. The maximum atomic E-state index is 13.9. The van der Waals surface area contributed by atoms with E-state index in [1.165, 1.54) is 50.1 Å². The van der Waals surface area contributed by atoms with Crippen molar-refractivity contribution in [3.8, 4) is 5.75 Å². The van der Waals surface area contributed by atoms with Crippen LogP contribution in [0.2, 0.25) is 0 Å². The molecule has 0 radical (unpaired) electrons. The van der Waals surface area contributed by atoms with Crippen molar-refractivity contribution in [3.63, 3.8) is 0 Å². The number of alkyl halides is 3. The van der Waals surface area contributed by atoms with Gasteiger partial charge in [0.25, 0.3) is 0 Å². The molecule has 0 unspecified atom stereocenters. The van der Waals surface area contributed by atoms with Crippen molar-refractivity contribution in [1.82, 2.24) is 14.9 Å². The van der Waals surface area contributed by atoms with Crippen molar-refractivity contribution >= 4 is 52.3 Å². The standard InChI is InChI=1S/C30H32F3N7O5/c1-6-26(42)38(3)20-9-7-8-19(14-20)35-27-22(30(31,32)33)16-34-29(37-27)36-23-11-10-21(15-25(23)44-4)39-12-13-40(18(2)41)24(17-39)28(43)45-5/h6-11,14-16,24H,1,12-13,17H2,2-5H3,(H2,34,35,36,37)/t24-/m0/s1. The number of hydrogen-bond donors (Lipinski definition) is 2. The Morgan fingerprint density at radius 2 is 1.87 bits per heavy atom. The Morgan fingerprint density at radius 3 is 2.51 bits per heavy atom. The summed E-state index contributed by atoms with van der Waals surface area (Å²) in [5.74, 6) is -1.49. The van der Waals surface area contributed by atoms with Crippen molar-refractivity contribution in [2.75, 3.05) is 61.3 Å². The second-order valence-electron chi connectivity index (χ2n) is 9.94. The smallest absolute Gasteiger partial charge is 0.421 e. The minimum atomic E-state index is -4.76. The summed E-state index contributed by atoms with van der Waals surface area (Å²) in [6.45, 7) is 5.77. The van der Waals surface area contributed by atoms with Crippen LogP contribution in [-0.2, 0) is 25.3 Å². The molecule has 238 valence electrons. The van der Waals surface area contributed by atoms with Crippen molar-refractivity contribution in [3.05, 3.63) is 66.9 Å². The van der Waals surface area contributed by atoms with E-state index in [1.807, 2.05) is 4.90 Å². The van der Waals surface area contributed by atoms with Gasteiger partial charge in [-0.1, -0.05) is 12.6 Å². The van der Waals surface area contributed by atoms with E-state index in [0.29, 0.717) is 42.1 Å². The number of ether oxygens (including phenoxy) is 2. The van der Waals surface area contributed by atoms with Gasteiger partial charge in [-0.25, -0.2) is 9.78 Å². The molecule has 0 spiro atoms. The fraction of sp³-hybridized carbons (Fsp3) is 0.300. The second-order valence-corrected chi connectivity index (χ2v) is 9.94. The molecule has 0 saturated carbocycles. The molecule has 1 aliphatic rings. The number of methoxy groups -OCH3 is 2. The molecule has 12 nitrogen and oxygen atoms in total. The average molecular weight is 628 g/mol. The molecule has 1 aromatic heterocycles. The van der Waals surface area contributed by atoms with E-state index in [4.69, 9.17) is 9.47 Å². The average Bonchev–Trinajstić information content (AvgIpc) is 3.03. The van der Waals surface area contributed by atoms with Crippen LogP contribution in [0.4, 0.5) is 47.7 Å². The molecule has 2 heterocycles. The topological polar surface area (TPSA) is 129 Å². The van der Waals surface area contributed by atoms with Crippen LogP contribution in [0, 0.1) is 0 Å². The molecule has 15 heteroatoms. The highest BCUT2D eigenvalue weighted by Gasteiger charge is 2.36. The number of nitrogens with one attached hydrogen (secondary N) is 2. The van der Waals surface area contributed by atoms with Crippen molar-refractivity contribution in [2.24, 2.45) is 0 Å². The molecule has 2 aromatic carbocycles. The maximum absolute atomic E-state index is 13.9. The van der Waals surface area contributed by atoms with Gasteiger partial charge in [0.05, 0.1) is 19.9 Å². The lowest BCUT2D eigenvalue weighted by atomic mass is 10.1. The lowest BCUT2D eigenvalue weighted by molar-refractivity contribution is -0.152. The number of amides is 2. The lowest BCUT2D eigenvalue weighted by Gasteiger charge is -2.40. The number of hydrogen-bond acceptors (Lipinski definition) is 10. The Bertz CT molecular complexity index is 1600. The third-order valence-electron chi connectivity index (χ3n) is 7.15. The maximum Gasteiger partial charge on any atom is 0.421 e. The van der Waals surface area contributed by atoms with Crippen LogP contribution < -0.4 is 25.2 Å². The number of nitrogens with zero attached hydrogens (tertiary/aromatic N) is 5. The van der Waals surface area contributed by atoms with Crippen LogP contribution in [0.5, 0.6) is 5.75 Å². The van der Waals surface area contributed by atoms with Crippen LogP contribution in [0.3, 0.4) is 0 Å². The summed E-state index contributed by atoms with van der Waals surface area (Å²) in [5.41, 5.74) is 0.635. The van der Waals surface area contributed by atoms with Gasteiger partial charge < -0.3 is 34.8 Å². The molecule has 1 saturated heterocycles. The van der Waals surface area contributed by atoms with Gasteiger partial charge >= 0.3 is 12.1 Å². The molecule has 1 atom stereocenters. The number of anilines is 6. The van der Waals surface area contributed by atoms with Crippen LogP contribution in [-0.4, -0.2) is 79.6 Å². The quantitative estimate of drug-likeness (QED) is 0.261. The van der Waals surface area contributed by atoms with Gasteiger partial charge in [0, 0.05) is 62.9 Å². The first-order chi connectivity index (χ1) is 21.4. The largest absolute Gasteiger partial charge is 0.494 e. The molecule has 0 aliphatic carbocycles. The molecule has 45 heavy (non-hydrogen) atoms. The summed E-state index contributed by atoms with van der Waals surface area (Å²) in [7, 11) is 4.20. The van der Waals surface area contributed by atoms with Gasteiger partial charge in [0.2, 0.25) is 17.8 Å². The van der Waals surface area contributed by atoms with Crippen LogP contribution in [0.25, 0.3) is 0 Å². The van der Waals surface area contributed by atoms with E-state index in [-0.39, 0.29) is 24.1 Å². The van der Waals surface area contributed by atoms with Gasteiger partial charge in [0.1, 0.15) is 23.2 Å². The minimum Gasteiger partial charge on any atom is -0.494 e. The summed E-state index contributed by atoms with van der Waals surface area (Å²) in [6.07, 6.45) is -2.97. The number of benzene rings is 2. The molecule has 1 aliphatic heterocycles. The number of carbonyl (C=O) groups excluding carboxylic acids is 3. The number of likely N-dealkylation sites (N-methyl/N-ethyl adjacent to an activating group) is 1. The van der Waals surface area contributed by atoms with E-state index in [1.54, 1.807) is 30.3 Å². The highest BCUT2D eigenvalue weighted by Crippen LogP contribution is 2.37. The number of carbonyl (C=O) groups is 3. The third-order valence-corrected chi connectivity index (χ3v) is 7.15. The van der Waals surface area contributed by atoms with Crippen molar-refractivity contribution in [2.45, 2.75) is 19.1 Å². The summed E-state index contributed by atoms with van der Waals surface area (Å²) in [5, 5.41) is 5.59. The Morgan fingerprint density at radius 1 is 1.11 bits per heavy atom. The molecule has 2 N–H and O–H groups in total. The van der Waals surface area contributed by atoms with Gasteiger partial charge in [0.15, 0.2) is 0 Å². The summed E-state index contributed by atoms with van der Waals surface area (Å²) in [6, 6.07) is 10.5. The second kappa shape index (κ2) is 13.5. The minimum absolute atomic E-state index is 0.146. The van der Waals surface area contributed by atoms with E-state index >= 15 is 0 Å². The zero-order valence-electron chi connectivity index (χ0n) is 25.0. The van der Waals surface area contributed by atoms with Crippen LogP contribution >= 0.6 is 0 Å². The first-order valence-corrected chi connectivity index (χ1v) is 13.6. The fourth-order valence-electron chi connectivity index (χ4n) is 4.77. The molecular weight excluding hydrogens is 595 g/mol. The molecule has 1 fully saturated rings. The molecule has 0 bridgehead atoms. The van der Waals surface area contributed by atoms with E-state index < -0.39 is 35.5 Å². The third kappa shape index (κ3) is 7.42. The molecule has 3 aromatic rings. The fourth-order valence-corrected chi connectivity index (χ4v) is 4.77. The predicted octanol–water partition coefficient (Wildman–Crippen LogP) is 4.35. The van der Waals surface area contributed by atoms with Gasteiger partial charge in [-0.05, 0) is 36.4 Å². The number of aromatic nitrogens is 2. The van der Waals surface area contributed by atoms with Crippen LogP contribution in [0.15, 0.2) is 61.3 Å². The Kier molecular flexibility index (Phi) is 9.79. The molecule has 2 amide bonds. The number of halogens is 3. The summed E-state index contributed by atoms with van der Waals surface area (Å²) >= 11 is 0. The highest BCUT2D eigenvalue weighted by molar-refractivity contribution is 6.00. The predicted molar refractivity (Wildman–Crippen MR) is 162 cm³/mol. The Labute approximate surface area is 257 Å². The first-order valence-electron chi connectivity index (χ1n) is 13.6. The van der Waals surface area contributed by atoms with Gasteiger partial charge in [-0.3, -0.25) is 9.59 Å². The summed E-state index contributed by atoms with van der Waals surface area (Å²) < 4.78 is 52.1. The number of piperazine rings is 1. The van der Waals surface area contributed by atoms with Crippen LogP contribution in [0.1, 0.15) is 12.5 Å². The SMILES string of the molecule is C=CC(=O)N(C)c1cccc(Nc2nc(Nc3ccc(N4CCN(C(C)=O)[C@H](C(=O)OC)C4)cc3OC)ncc2C(F)(F)F)c1. The van der Waals surface area contributed by atoms with E-state index in [9.17, 15) is 27.6 Å². The number of rotatable bonds is 9. The van der Waals surface area contributed by atoms with Gasteiger partial charge in [-0.2, -0.15) is 18.2 Å². The highest BCUT2D eigenvalue weighted by atomic mass is 19.4. The van der Waals surface area contributed by atoms with Crippen molar-refractivity contribution < 1.29 is 37.0 Å². The zero-order valence-corrected chi connectivity index (χ0v) is 25.0. The van der Waals surface area contributed by atoms with Gasteiger partial charge in [-0.15, -0.1) is 0 Å². The Hall–Kier alpha value is -5.34. The molecular formula is C30H32F3N7O5. The van der Waals surface area contributed by atoms with Crippen molar-refractivity contribution in [1.29, 1.82) is 0 Å². The summed E-state index contributed by atoms with van der Waals surface area (Å²) in [4.78, 5) is 49.0. The zero-order chi connectivity index (χ0) is 32.9.